The lowest BCUT2D eigenvalue weighted by atomic mass is 10.0. The first-order valence-corrected chi connectivity index (χ1v) is 13.1. The fourth-order valence-corrected chi connectivity index (χ4v) is 4.70. The third kappa shape index (κ3) is 5.78. The topological polar surface area (TPSA) is 90.9 Å². The summed E-state index contributed by atoms with van der Waals surface area (Å²) >= 11 is 0. The zero-order valence-electron chi connectivity index (χ0n) is 22.4. The van der Waals surface area contributed by atoms with Crippen molar-refractivity contribution in [1.82, 2.24) is 19.2 Å². The summed E-state index contributed by atoms with van der Waals surface area (Å²) in [5, 5.41) is 9.09. The van der Waals surface area contributed by atoms with Crippen LogP contribution in [0.2, 0.25) is 0 Å². The summed E-state index contributed by atoms with van der Waals surface area (Å²) in [5.41, 5.74) is 5.40. The molecule has 1 aliphatic rings. The molecule has 0 atom stereocenters. The molecule has 0 saturated carbocycles. The molecule has 1 saturated heterocycles. The Kier molecular flexibility index (Phi) is 7.07. The van der Waals surface area contributed by atoms with Gasteiger partial charge in [-0.05, 0) is 74.7 Å². The molecule has 2 amide bonds. The predicted molar refractivity (Wildman–Crippen MR) is 149 cm³/mol. The third-order valence-corrected chi connectivity index (χ3v) is 6.72. The molecule has 4 aromatic rings. The third-order valence-electron chi connectivity index (χ3n) is 6.72. The van der Waals surface area contributed by atoms with Crippen molar-refractivity contribution in [1.29, 1.82) is 5.26 Å². The number of pyridine rings is 1. The fraction of sp³-hybridized carbons (Fsp3) is 0.290. The van der Waals surface area contributed by atoms with Crippen molar-refractivity contribution in [2.75, 3.05) is 26.2 Å². The van der Waals surface area contributed by atoms with Gasteiger partial charge in [-0.1, -0.05) is 24.3 Å². The maximum atomic E-state index is 13.3. The van der Waals surface area contributed by atoms with Crippen LogP contribution < -0.4 is 0 Å². The molecule has 0 unspecified atom stereocenters. The number of aromatic nitrogens is 2. The Balaban J connectivity index is 1.30. The van der Waals surface area contributed by atoms with Crippen LogP contribution in [-0.4, -0.2) is 63.0 Å². The predicted octanol–water partition coefficient (Wildman–Crippen LogP) is 5.62. The quantitative estimate of drug-likeness (QED) is 0.349. The summed E-state index contributed by atoms with van der Waals surface area (Å²) in [6.45, 7) is 7.63. The number of fused-ring (bicyclic) bond motifs is 1. The van der Waals surface area contributed by atoms with Gasteiger partial charge in [-0.3, -0.25) is 9.20 Å². The molecule has 1 fully saturated rings. The van der Waals surface area contributed by atoms with E-state index < -0.39 is 5.60 Å². The summed E-state index contributed by atoms with van der Waals surface area (Å²) in [5.74, 6) is -0.0410. The number of imidazole rings is 1. The molecule has 8 nitrogen and oxygen atoms in total. The smallest absolute Gasteiger partial charge is 0.410 e. The number of ether oxygens (including phenoxy) is 1. The van der Waals surface area contributed by atoms with E-state index in [0.29, 0.717) is 43.7 Å². The zero-order valence-corrected chi connectivity index (χ0v) is 22.4. The van der Waals surface area contributed by atoms with Crippen LogP contribution >= 0.6 is 0 Å². The van der Waals surface area contributed by atoms with Crippen molar-refractivity contribution >= 4 is 17.6 Å². The molecule has 1 aliphatic heterocycles. The van der Waals surface area contributed by atoms with E-state index in [-0.39, 0.29) is 12.0 Å². The molecule has 2 aromatic heterocycles. The number of nitrogens with zero attached hydrogens (tertiary/aromatic N) is 5. The van der Waals surface area contributed by atoms with Gasteiger partial charge in [0.15, 0.2) is 0 Å². The van der Waals surface area contributed by atoms with Crippen LogP contribution in [0.1, 0.15) is 43.1 Å². The highest BCUT2D eigenvalue weighted by molar-refractivity contribution is 5.94. The molecule has 0 bridgehead atoms. The minimum Gasteiger partial charge on any atom is -0.444 e. The molecule has 39 heavy (non-hydrogen) atoms. The SMILES string of the molecule is CC(C)(C)OC(=O)N1CCCN(C(=O)c2ccc(-c3ccc4ncc(-c5ccc(C#N)cc5)n4c3)cc2)CC1. The Bertz CT molecular complexity index is 1540. The van der Waals surface area contributed by atoms with E-state index in [2.05, 4.69) is 11.1 Å². The van der Waals surface area contributed by atoms with Gasteiger partial charge in [0.2, 0.25) is 0 Å². The lowest BCUT2D eigenvalue weighted by Crippen LogP contribution is -2.40. The highest BCUT2D eigenvalue weighted by Crippen LogP contribution is 2.26. The molecule has 3 heterocycles. The van der Waals surface area contributed by atoms with Crippen LogP contribution in [0, 0.1) is 11.3 Å². The van der Waals surface area contributed by atoms with E-state index in [1.165, 1.54) is 0 Å². The molecule has 8 heteroatoms. The molecule has 0 spiro atoms. The molecule has 2 aromatic carbocycles. The Morgan fingerprint density at radius 1 is 0.846 bits per heavy atom. The van der Waals surface area contributed by atoms with E-state index in [9.17, 15) is 9.59 Å². The van der Waals surface area contributed by atoms with Gasteiger partial charge in [-0.2, -0.15) is 5.26 Å². The zero-order chi connectivity index (χ0) is 27.6. The van der Waals surface area contributed by atoms with Gasteiger partial charge < -0.3 is 14.5 Å². The average Bonchev–Trinajstić information content (AvgIpc) is 3.19. The van der Waals surface area contributed by atoms with Crippen molar-refractivity contribution in [3.63, 3.8) is 0 Å². The molecular formula is C31H31N5O3. The molecule has 0 radical (unpaired) electrons. The molecule has 5 rings (SSSR count). The summed E-state index contributed by atoms with van der Waals surface area (Å²) < 4.78 is 7.53. The minimum atomic E-state index is -0.547. The van der Waals surface area contributed by atoms with E-state index in [1.807, 2.05) is 86.1 Å². The van der Waals surface area contributed by atoms with Crippen molar-refractivity contribution in [2.45, 2.75) is 32.8 Å². The Labute approximate surface area is 228 Å². The summed E-state index contributed by atoms with van der Waals surface area (Å²) in [6, 6.07) is 21.2. The second kappa shape index (κ2) is 10.6. The first kappa shape index (κ1) is 26.0. The standard InChI is InChI=1S/C31H31N5O3/c1-31(2,3)39-30(38)35-16-4-15-34(17-18-35)29(37)25-11-9-23(10-12-25)26-13-14-28-33-20-27(36(28)21-26)24-7-5-22(19-32)6-8-24/h5-14,20-21H,4,15-18H2,1-3H3. The van der Waals surface area contributed by atoms with Crippen LogP contribution in [0.4, 0.5) is 4.79 Å². The van der Waals surface area contributed by atoms with Gasteiger partial charge >= 0.3 is 6.09 Å². The van der Waals surface area contributed by atoms with Crippen molar-refractivity contribution in [3.8, 4) is 28.5 Å². The Morgan fingerprint density at radius 2 is 1.49 bits per heavy atom. The van der Waals surface area contributed by atoms with Crippen LogP contribution in [-0.2, 0) is 4.74 Å². The van der Waals surface area contributed by atoms with Crippen LogP contribution in [0.15, 0.2) is 73.1 Å². The van der Waals surface area contributed by atoms with E-state index >= 15 is 0 Å². The number of amides is 2. The fourth-order valence-electron chi connectivity index (χ4n) is 4.70. The number of benzene rings is 2. The molecule has 0 aliphatic carbocycles. The Hall–Kier alpha value is -4.64. The minimum absolute atomic E-state index is 0.0410. The lowest BCUT2D eigenvalue weighted by Gasteiger charge is -2.26. The number of nitriles is 1. The lowest BCUT2D eigenvalue weighted by molar-refractivity contribution is 0.0255. The number of rotatable bonds is 3. The van der Waals surface area contributed by atoms with Crippen LogP contribution in [0.25, 0.3) is 28.0 Å². The van der Waals surface area contributed by atoms with Gasteiger partial charge in [-0.25, -0.2) is 9.78 Å². The van der Waals surface area contributed by atoms with Crippen LogP contribution in [0.5, 0.6) is 0 Å². The first-order chi connectivity index (χ1) is 18.7. The van der Waals surface area contributed by atoms with Gasteiger partial charge in [0.1, 0.15) is 11.2 Å². The van der Waals surface area contributed by atoms with Gasteiger partial charge in [-0.15, -0.1) is 0 Å². The molecule has 198 valence electrons. The van der Waals surface area contributed by atoms with Gasteiger partial charge in [0, 0.05) is 43.5 Å². The second-order valence-electron chi connectivity index (χ2n) is 10.7. The van der Waals surface area contributed by atoms with Gasteiger partial charge in [0.25, 0.3) is 5.91 Å². The summed E-state index contributed by atoms with van der Waals surface area (Å²) in [7, 11) is 0. The van der Waals surface area contributed by atoms with Crippen molar-refractivity contribution < 1.29 is 14.3 Å². The van der Waals surface area contributed by atoms with Gasteiger partial charge in [0.05, 0.1) is 23.5 Å². The number of hydrogen-bond donors (Lipinski definition) is 0. The average molecular weight is 522 g/mol. The Morgan fingerprint density at radius 3 is 2.18 bits per heavy atom. The van der Waals surface area contributed by atoms with Crippen molar-refractivity contribution in [3.05, 3.63) is 84.2 Å². The highest BCUT2D eigenvalue weighted by Gasteiger charge is 2.26. The van der Waals surface area contributed by atoms with E-state index in [4.69, 9.17) is 10.00 Å². The van der Waals surface area contributed by atoms with Crippen molar-refractivity contribution in [2.24, 2.45) is 0 Å². The second-order valence-corrected chi connectivity index (χ2v) is 10.7. The number of carbonyl (C=O) groups is 2. The molecule has 0 N–H and O–H groups in total. The van der Waals surface area contributed by atoms with Crippen LogP contribution in [0.3, 0.4) is 0 Å². The maximum absolute atomic E-state index is 13.3. The van der Waals surface area contributed by atoms with E-state index in [1.54, 1.807) is 21.9 Å². The molecular weight excluding hydrogens is 490 g/mol. The first-order valence-electron chi connectivity index (χ1n) is 13.1. The summed E-state index contributed by atoms with van der Waals surface area (Å²) in [6.07, 6.45) is 4.23. The normalized spacial score (nSPS) is 14.1. The monoisotopic (exact) mass is 521 g/mol. The maximum Gasteiger partial charge on any atom is 0.410 e. The highest BCUT2D eigenvalue weighted by atomic mass is 16.6. The number of carbonyl (C=O) groups excluding carboxylic acids is 2. The number of hydrogen-bond acceptors (Lipinski definition) is 5. The summed E-state index contributed by atoms with van der Waals surface area (Å²) in [4.78, 5) is 33.7. The largest absolute Gasteiger partial charge is 0.444 e. The van der Waals surface area contributed by atoms with E-state index in [0.717, 1.165) is 28.0 Å².